The van der Waals surface area contributed by atoms with E-state index in [2.05, 4.69) is 5.32 Å². The standard InChI is InChI=1S/C24H30N2O6S/c1-16-14-26(15-17(2)31-16)33(29,30)22-12-10-21(11-13-22)24(28)32-19(4)23(27)25-18(3)20-8-6-5-7-9-20/h5-13,16-19H,14-15H2,1-4H3,(H,25,27). The van der Waals surface area contributed by atoms with E-state index in [1.807, 2.05) is 51.1 Å². The molecule has 9 heteroatoms. The number of nitrogens with one attached hydrogen (secondary N) is 1. The van der Waals surface area contributed by atoms with Crippen molar-refractivity contribution in [2.45, 2.75) is 56.9 Å². The maximum absolute atomic E-state index is 12.9. The quantitative estimate of drug-likeness (QED) is 0.619. The van der Waals surface area contributed by atoms with Crippen LogP contribution >= 0.6 is 0 Å². The van der Waals surface area contributed by atoms with Gasteiger partial charge in [-0.3, -0.25) is 4.79 Å². The summed E-state index contributed by atoms with van der Waals surface area (Å²) in [6, 6.07) is 14.7. The van der Waals surface area contributed by atoms with E-state index in [1.54, 1.807) is 0 Å². The van der Waals surface area contributed by atoms with Crippen molar-refractivity contribution < 1.29 is 27.5 Å². The van der Waals surface area contributed by atoms with Crippen molar-refractivity contribution >= 4 is 21.9 Å². The zero-order valence-electron chi connectivity index (χ0n) is 19.2. The van der Waals surface area contributed by atoms with Gasteiger partial charge < -0.3 is 14.8 Å². The molecule has 2 aromatic carbocycles. The van der Waals surface area contributed by atoms with Gasteiger partial charge in [-0.25, -0.2) is 13.2 Å². The van der Waals surface area contributed by atoms with E-state index < -0.39 is 28.0 Å². The van der Waals surface area contributed by atoms with Crippen molar-refractivity contribution in [3.63, 3.8) is 0 Å². The van der Waals surface area contributed by atoms with Crippen LogP contribution in [0.5, 0.6) is 0 Å². The SMILES string of the molecule is CC1CN(S(=O)(=O)c2ccc(C(=O)OC(C)C(=O)NC(C)c3ccccc3)cc2)CC(C)O1. The van der Waals surface area contributed by atoms with Crippen LogP contribution in [0.15, 0.2) is 59.5 Å². The number of hydrogen-bond donors (Lipinski definition) is 1. The zero-order valence-corrected chi connectivity index (χ0v) is 20.0. The molecule has 1 aliphatic heterocycles. The monoisotopic (exact) mass is 474 g/mol. The minimum Gasteiger partial charge on any atom is -0.449 e. The minimum atomic E-state index is -3.71. The average molecular weight is 475 g/mol. The molecule has 1 amide bonds. The molecule has 0 spiro atoms. The number of sulfonamides is 1. The van der Waals surface area contributed by atoms with Gasteiger partial charge in [-0.15, -0.1) is 0 Å². The summed E-state index contributed by atoms with van der Waals surface area (Å²) in [5.41, 5.74) is 1.10. The molecule has 0 radical (unpaired) electrons. The van der Waals surface area contributed by atoms with E-state index in [9.17, 15) is 18.0 Å². The minimum absolute atomic E-state index is 0.0860. The fourth-order valence-electron chi connectivity index (χ4n) is 3.68. The van der Waals surface area contributed by atoms with Crippen LogP contribution in [0.1, 0.15) is 49.7 Å². The smallest absolute Gasteiger partial charge is 0.338 e. The fraction of sp³-hybridized carbons (Fsp3) is 0.417. The lowest BCUT2D eigenvalue weighted by Gasteiger charge is -2.34. The van der Waals surface area contributed by atoms with Crippen LogP contribution in [-0.4, -0.2) is 56.0 Å². The van der Waals surface area contributed by atoms with E-state index in [0.717, 1.165) is 5.56 Å². The van der Waals surface area contributed by atoms with Gasteiger partial charge in [0.25, 0.3) is 5.91 Å². The van der Waals surface area contributed by atoms with Crippen LogP contribution in [0.2, 0.25) is 0 Å². The van der Waals surface area contributed by atoms with E-state index in [-0.39, 0.29) is 41.8 Å². The average Bonchev–Trinajstić information content (AvgIpc) is 2.79. The molecule has 4 atom stereocenters. The molecule has 178 valence electrons. The Labute approximate surface area is 194 Å². The molecule has 1 saturated heterocycles. The largest absolute Gasteiger partial charge is 0.449 e. The van der Waals surface area contributed by atoms with Crippen molar-refractivity contribution in [2.75, 3.05) is 13.1 Å². The Morgan fingerprint density at radius 1 is 1.00 bits per heavy atom. The van der Waals surface area contributed by atoms with Gasteiger partial charge in [0.15, 0.2) is 6.10 Å². The molecule has 0 aliphatic carbocycles. The van der Waals surface area contributed by atoms with Gasteiger partial charge >= 0.3 is 5.97 Å². The molecule has 2 aromatic rings. The summed E-state index contributed by atoms with van der Waals surface area (Å²) in [6.45, 7) is 7.53. The summed E-state index contributed by atoms with van der Waals surface area (Å²) in [5.74, 6) is -1.13. The molecule has 33 heavy (non-hydrogen) atoms. The van der Waals surface area contributed by atoms with E-state index in [4.69, 9.17) is 9.47 Å². The third-order valence-corrected chi connectivity index (χ3v) is 7.27. The van der Waals surface area contributed by atoms with Crippen molar-refractivity contribution in [3.8, 4) is 0 Å². The second-order valence-corrected chi connectivity index (χ2v) is 10.2. The first-order valence-electron chi connectivity index (χ1n) is 10.9. The number of hydrogen-bond acceptors (Lipinski definition) is 6. The molecule has 0 aromatic heterocycles. The van der Waals surface area contributed by atoms with Gasteiger partial charge in [0.2, 0.25) is 10.0 Å². The Kier molecular flexibility index (Phi) is 7.88. The van der Waals surface area contributed by atoms with Gasteiger partial charge in [-0.2, -0.15) is 4.31 Å². The highest BCUT2D eigenvalue weighted by Gasteiger charge is 2.32. The van der Waals surface area contributed by atoms with Gasteiger partial charge in [0.1, 0.15) is 0 Å². The number of morpholine rings is 1. The summed E-state index contributed by atoms with van der Waals surface area (Å²) in [5, 5.41) is 2.81. The second kappa shape index (κ2) is 10.5. The second-order valence-electron chi connectivity index (χ2n) is 8.29. The van der Waals surface area contributed by atoms with Crippen LogP contribution < -0.4 is 5.32 Å². The Hall–Kier alpha value is -2.75. The molecular formula is C24H30N2O6S. The lowest BCUT2D eigenvalue weighted by atomic mass is 10.1. The number of ether oxygens (including phenoxy) is 2. The zero-order chi connectivity index (χ0) is 24.2. The summed E-state index contributed by atoms with van der Waals surface area (Å²) < 4.78 is 38.2. The summed E-state index contributed by atoms with van der Waals surface area (Å²) in [4.78, 5) is 25.0. The first kappa shape index (κ1) is 24.9. The molecule has 1 aliphatic rings. The Balaban J connectivity index is 1.61. The van der Waals surface area contributed by atoms with Crippen molar-refractivity contribution in [3.05, 3.63) is 65.7 Å². The number of carbonyl (C=O) groups excluding carboxylic acids is 2. The van der Waals surface area contributed by atoms with Crippen molar-refractivity contribution in [1.82, 2.24) is 9.62 Å². The predicted octanol–water partition coefficient (Wildman–Crippen LogP) is 2.91. The van der Waals surface area contributed by atoms with Crippen molar-refractivity contribution in [2.24, 2.45) is 0 Å². The molecule has 1 N–H and O–H groups in total. The third-order valence-electron chi connectivity index (χ3n) is 5.43. The molecule has 0 bridgehead atoms. The van der Waals surface area contributed by atoms with E-state index >= 15 is 0 Å². The number of esters is 1. The number of benzene rings is 2. The Bertz CT molecular complexity index is 1060. The van der Waals surface area contributed by atoms with Crippen LogP contribution in [0.4, 0.5) is 0 Å². The number of rotatable bonds is 7. The van der Waals surface area contributed by atoms with Crippen LogP contribution in [-0.2, 0) is 24.3 Å². The van der Waals surface area contributed by atoms with E-state index in [0.29, 0.717) is 0 Å². The molecule has 1 fully saturated rings. The summed E-state index contributed by atoms with van der Waals surface area (Å²) in [7, 11) is -3.71. The number of carbonyl (C=O) groups is 2. The summed E-state index contributed by atoms with van der Waals surface area (Å²) in [6.07, 6.45) is -1.41. The van der Waals surface area contributed by atoms with Gasteiger partial charge in [0.05, 0.1) is 28.7 Å². The molecular weight excluding hydrogens is 444 g/mol. The third kappa shape index (κ3) is 6.19. The maximum atomic E-state index is 12.9. The predicted molar refractivity (Wildman–Crippen MR) is 123 cm³/mol. The van der Waals surface area contributed by atoms with Gasteiger partial charge in [0, 0.05) is 13.1 Å². The van der Waals surface area contributed by atoms with Crippen LogP contribution in [0.25, 0.3) is 0 Å². The Morgan fingerprint density at radius 3 is 2.15 bits per heavy atom. The summed E-state index contributed by atoms with van der Waals surface area (Å²) >= 11 is 0. The fourth-order valence-corrected chi connectivity index (χ4v) is 5.27. The molecule has 3 rings (SSSR count). The first-order valence-corrected chi connectivity index (χ1v) is 12.3. The Morgan fingerprint density at radius 2 is 1.58 bits per heavy atom. The van der Waals surface area contributed by atoms with Crippen LogP contribution in [0.3, 0.4) is 0 Å². The number of amides is 1. The van der Waals surface area contributed by atoms with Gasteiger partial charge in [-0.05, 0) is 57.5 Å². The molecule has 1 heterocycles. The first-order chi connectivity index (χ1) is 15.6. The topological polar surface area (TPSA) is 102 Å². The number of nitrogens with zero attached hydrogens (tertiary/aromatic N) is 1. The lowest BCUT2D eigenvalue weighted by Crippen LogP contribution is -2.48. The van der Waals surface area contributed by atoms with Gasteiger partial charge in [-0.1, -0.05) is 30.3 Å². The lowest BCUT2D eigenvalue weighted by molar-refractivity contribution is -0.129. The van der Waals surface area contributed by atoms with E-state index in [1.165, 1.54) is 35.5 Å². The maximum Gasteiger partial charge on any atom is 0.338 e. The van der Waals surface area contributed by atoms with Crippen LogP contribution in [0, 0.1) is 0 Å². The van der Waals surface area contributed by atoms with Crippen molar-refractivity contribution in [1.29, 1.82) is 0 Å². The highest BCUT2D eigenvalue weighted by molar-refractivity contribution is 7.89. The molecule has 4 unspecified atom stereocenters. The molecule has 8 nitrogen and oxygen atoms in total. The highest BCUT2D eigenvalue weighted by atomic mass is 32.2. The highest BCUT2D eigenvalue weighted by Crippen LogP contribution is 2.22. The normalized spacial score (nSPS) is 21.1. The molecule has 0 saturated carbocycles.